The van der Waals surface area contributed by atoms with Gasteiger partial charge < -0.3 is 11.1 Å². The Morgan fingerprint density at radius 2 is 2.33 bits per heavy atom. The van der Waals surface area contributed by atoms with Crippen LogP contribution in [0.5, 0.6) is 0 Å². The number of aryl methyl sites for hydroxylation is 1. The van der Waals surface area contributed by atoms with Crippen molar-refractivity contribution in [3.8, 4) is 0 Å². The van der Waals surface area contributed by atoms with E-state index in [9.17, 15) is 4.79 Å². The lowest BCUT2D eigenvalue weighted by atomic mass is 10.2. The topological polar surface area (TPSA) is 72.9 Å². The average molecular weight is 265 g/mol. The average Bonchev–Trinajstić information content (AvgIpc) is 2.74. The van der Waals surface area contributed by atoms with Gasteiger partial charge in [0, 0.05) is 30.9 Å². The van der Waals surface area contributed by atoms with Crippen molar-refractivity contribution in [1.82, 2.24) is 9.78 Å². The van der Waals surface area contributed by atoms with E-state index < -0.39 is 5.91 Å². The second-order valence-corrected chi connectivity index (χ2v) is 4.34. The number of nitrogens with zero attached hydrogens (tertiary/aromatic N) is 2. The third-order valence-electron chi connectivity index (χ3n) is 2.49. The van der Waals surface area contributed by atoms with E-state index in [2.05, 4.69) is 10.4 Å². The van der Waals surface area contributed by atoms with Crippen LogP contribution in [-0.4, -0.2) is 15.7 Å². The lowest BCUT2D eigenvalue weighted by Gasteiger charge is -2.08. The smallest absolute Gasteiger partial charge is 0.248 e. The van der Waals surface area contributed by atoms with Crippen LogP contribution in [-0.2, 0) is 13.6 Å². The molecule has 0 saturated heterocycles. The number of hydrogen-bond acceptors (Lipinski definition) is 3. The van der Waals surface area contributed by atoms with Crippen molar-refractivity contribution in [3.05, 3.63) is 46.7 Å². The number of halogens is 1. The Balaban J connectivity index is 2.13. The number of amides is 1. The summed E-state index contributed by atoms with van der Waals surface area (Å²) in [6, 6.07) is 4.88. The molecule has 0 radical (unpaired) electrons. The van der Waals surface area contributed by atoms with Crippen LogP contribution in [0.4, 0.5) is 5.69 Å². The number of hydrogen-bond donors (Lipinski definition) is 2. The molecular weight excluding hydrogens is 252 g/mol. The van der Waals surface area contributed by atoms with Crippen LogP contribution < -0.4 is 11.1 Å². The zero-order chi connectivity index (χ0) is 13.1. The molecule has 0 atom stereocenters. The van der Waals surface area contributed by atoms with Gasteiger partial charge in [0.05, 0.1) is 16.9 Å². The summed E-state index contributed by atoms with van der Waals surface area (Å²) in [5, 5.41) is 7.76. The predicted octanol–water partition coefficient (Wildman–Crippen LogP) is 1.78. The van der Waals surface area contributed by atoms with E-state index in [-0.39, 0.29) is 0 Å². The monoisotopic (exact) mass is 264 g/mol. The highest BCUT2D eigenvalue weighted by molar-refractivity contribution is 6.33. The summed E-state index contributed by atoms with van der Waals surface area (Å²) in [7, 11) is 1.85. The molecule has 1 amide bonds. The van der Waals surface area contributed by atoms with Crippen LogP contribution >= 0.6 is 11.6 Å². The molecule has 18 heavy (non-hydrogen) atoms. The van der Waals surface area contributed by atoms with E-state index in [0.717, 1.165) is 5.56 Å². The first-order valence-electron chi connectivity index (χ1n) is 5.37. The minimum absolute atomic E-state index is 0.424. The van der Waals surface area contributed by atoms with E-state index in [1.54, 1.807) is 29.1 Å². The minimum Gasteiger partial charge on any atom is -0.380 e. The van der Waals surface area contributed by atoms with Crippen molar-refractivity contribution < 1.29 is 4.79 Å². The Labute approximate surface area is 110 Å². The molecule has 1 aromatic carbocycles. The van der Waals surface area contributed by atoms with Gasteiger partial charge in [-0.25, -0.2) is 0 Å². The molecule has 2 rings (SSSR count). The molecule has 0 unspecified atom stereocenters. The van der Waals surface area contributed by atoms with Gasteiger partial charge in [-0.3, -0.25) is 9.48 Å². The van der Waals surface area contributed by atoms with Crippen molar-refractivity contribution in [3.63, 3.8) is 0 Å². The first-order chi connectivity index (χ1) is 8.56. The molecule has 1 heterocycles. The highest BCUT2D eigenvalue weighted by Gasteiger charge is 2.06. The molecule has 2 aromatic rings. The number of anilines is 1. The summed E-state index contributed by atoms with van der Waals surface area (Å²) in [5.41, 5.74) is 7.35. The molecule has 0 aliphatic rings. The Morgan fingerprint density at radius 1 is 1.56 bits per heavy atom. The predicted molar refractivity (Wildman–Crippen MR) is 70.5 cm³/mol. The number of nitrogens with one attached hydrogen (secondary N) is 1. The number of primary amides is 1. The van der Waals surface area contributed by atoms with Gasteiger partial charge in [0.25, 0.3) is 0 Å². The van der Waals surface area contributed by atoms with Gasteiger partial charge in [-0.05, 0) is 18.2 Å². The van der Waals surface area contributed by atoms with Gasteiger partial charge >= 0.3 is 0 Å². The maximum atomic E-state index is 11.1. The zero-order valence-corrected chi connectivity index (χ0v) is 10.6. The number of aromatic nitrogens is 2. The van der Waals surface area contributed by atoms with E-state index in [1.165, 1.54) is 0 Å². The van der Waals surface area contributed by atoms with E-state index in [1.807, 2.05) is 13.2 Å². The molecule has 6 heteroatoms. The Hall–Kier alpha value is -2.01. The Kier molecular flexibility index (Phi) is 3.53. The van der Waals surface area contributed by atoms with Gasteiger partial charge in [-0.2, -0.15) is 5.10 Å². The summed E-state index contributed by atoms with van der Waals surface area (Å²) in [5.74, 6) is -0.476. The first kappa shape index (κ1) is 12.4. The van der Waals surface area contributed by atoms with Gasteiger partial charge in [0.1, 0.15) is 0 Å². The van der Waals surface area contributed by atoms with Crippen molar-refractivity contribution >= 4 is 23.2 Å². The molecule has 3 N–H and O–H groups in total. The third kappa shape index (κ3) is 2.81. The highest BCUT2D eigenvalue weighted by Crippen LogP contribution is 2.23. The minimum atomic E-state index is -0.476. The largest absolute Gasteiger partial charge is 0.380 e. The first-order valence-corrected chi connectivity index (χ1v) is 5.75. The third-order valence-corrected chi connectivity index (χ3v) is 2.82. The number of carbonyl (C=O) groups excluding carboxylic acids is 1. The molecule has 0 aliphatic carbocycles. The van der Waals surface area contributed by atoms with Crippen molar-refractivity contribution in [2.24, 2.45) is 12.8 Å². The van der Waals surface area contributed by atoms with E-state index in [0.29, 0.717) is 22.8 Å². The molecule has 0 spiro atoms. The normalized spacial score (nSPS) is 10.3. The number of carbonyl (C=O) groups is 1. The van der Waals surface area contributed by atoms with Crippen LogP contribution in [0.1, 0.15) is 15.9 Å². The summed E-state index contributed by atoms with van der Waals surface area (Å²) in [6.07, 6.45) is 3.66. The molecule has 5 nitrogen and oxygen atoms in total. The number of rotatable bonds is 4. The Bertz CT molecular complexity index is 579. The maximum Gasteiger partial charge on any atom is 0.248 e. The summed E-state index contributed by atoms with van der Waals surface area (Å²) in [4.78, 5) is 11.1. The lowest BCUT2D eigenvalue weighted by molar-refractivity contribution is 0.100. The van der Waals surface area contributed by atoms with Gasteiger partial charge in [-0.1, -0.05) is 11.6 Å². The molecule has 1 aromatic heterocycles. The fourth-order valence-electron chi connectivity index (χ4n) is 1.57. The standard InChI is InChI=1S/C12H13ClN4O/c1-17-7-8(6-16-17)5-15-11-4-9(12(14)18)2-3-10(11)13/h2-4,6-7,15H,5H2,1H3,(H2,14,18). The van der Waals surface area contributed by atoms with Crippen LogP contribution in [0.25, 0.3) is 0 Å². The molecular formula is C12H13ClN4O. The fourth-order valence-corrected chi connectivity index (χ4v) is 1.76. The molecule has 0 bridgehead atoms. The summed E-state index contributed by atoms with van der Waals surface area (Å²) in [6.45, 7) is 0.579. The van der Waals surface area contributed by atoms with Crippen molar-refractivity contribution in [2.45, 2.75) is 6.54 Å². The number of benzene rings is 1. The highest BCUT2D eigenvalue weighted by atomic mass is 35.5. The SMILES string of the molecule is Cn1cc(CNc2cc(C(N)=O)ccc2Cl)cn1. The van der Waals surface area contributed by atoms with Crippen LogP contribution in [0.2, 0.25) is 5.02 Å². The van der Waals surface area contributed by atoms with E-state index in [4.69, 9.17) is 17.3 Å². The van der Waals surface area contributed by atoms with Gasteiger partial charge in [-0.15, -0.1) is 0 Å². The number of nitrogens with two attached hydrogens (primary N) is 1. The summed E-state index contributed by atoms with van der Waals surface area (Å²) < 4.78 is 1.72. The maximum absolute atomic E-state index is 11.1. The molecule has 0 saturated carbocycles. The quantitative estimate of drug-likeness (QED) is 0.884. The second kappa shape index (κ2) is 5.10. The fraction of sp³-hybridized carbons (Fsp3) is 0.167. The molecule has 0 aliphatic heterocycles. The zero-order valence-electron chi connectivity index (χ0n) is 9.85. The van der Waals surface area contributed by atoms with Crippen LogP contribution in [0.3, 0.4) is 0 Å². The van der Waals surface area contributed by atoms with E-state index >= 15 is 0 Å². The van der Waals surface area contributed by atoms with Gasteiger partial charge in [0.2, 0.25) is 5.91 Å². The Morgan fingerprint density at radius 3 is 2.94 bits per heavy atom. The summed E-state index contributed by atoms with van der Waals surface area (Å²) >= 11 is 6.04. The lowest BCUT2D eigenvalue weighted by Crippen LogP contribution is -2.11. The van der Waals surface area contributed by atoms with Gasteiger partial charge in [0.15, 0.2) is 0 Å². The van der Waals surface area contributed by atoms with Crippen molar-refractivity contribution in [1.29, 1.82) is 0 Å². The van der Waals surface area contributed by atoms with Crippen LogP contribution in [0, 0.1) is 0 Å². The molecule has 94 valence electrons. The van der Waals surface area contributed by atoms with Crippen molar-refractivity contribution in [2.75, 3.05) is 5.32 Å². The van der Waals surface area contributed by atoms with Crippen LogP contribution in [0.15, 0.2) is 30.6 Å². The molecule has 0 fully saturated rings. The second-order valence-electron chi connectivity index (χ2n) is 3.93.